The van der Waals surface area contributed by atoms with Crippen molar-refractivity contribution in [2.24, 2.45) is 5.92 Å². The molecule has 124 valence electrons. The second kappa shape index (κ2) is 6.37. The molecule has 0 amide bonds. The van der Waals surface area contributed by atoms with Crippen LogP contribution >= 0.6 is 0 Å². The molecule has 6 heteroatoms. The molecule has 0 bridgehead atoms. The number of ether oxygens (including phenoxy) is 2. The van der Waals surface area contributed by atoms with Crippen LogP contribution in [0, 0.1) is 11.7 Å². The van der Waals surface area contributed by atoms with Gasteiger partial charge in [-0.15, -0.1) is 0 Å². The molecule has 1 aromatic rings. The first-order valence-corrected chi connectivity index (χ1v) is 7.77. The first-order valence-electron chi connectivity index (χ1n) is 7.77. The maximum Gasteiger partial charge on any atom is 0.318 e. The number of ketones is 1. The Morgan fingerprint density at radius 2 is 1.96 bits per heavy atom. The second-order valence-corrected chi connectivity index (χ2v) is 6.14. The summed E-state index contributed by atoms with van der Waals surface area (Å²) in [4.78, 5) is 24.8. The SMILES string of the molecule is COC(=O)[C@H]1C(=O)C[C@@H](c2ccc(F)cc2)NC12CCOCC2. The van der Waals surface area contributed by atoms with Crippen LogP contribution in [0.15, 0.2) is 24.3 Å². The number of halogens is 1. The highest BCUT2D eigenvalue weighted by molar-refractivity contribution is 6.01. The zero-order chi connectivity index (χ0) is 16.4. The molecule has 1 spiro atoms. The Labute approximate surface area is 134 Å². The van der Waals surface area contributed by atoms with Crippen molar-refractivity contribution >= 4 is 11.8 Å². The fraction of sp³-hybridized carbons (Fsp3) is 0.529. The molecule has 0 radical (unpaired) electrons. The van der Waals surface area contributed by atoms with E-state index in [9.17, 15) is 14.0 Å². The molecule has 0 aliphatic carbocycles. The molecule has 2 aliphatic heterocycles. The van der Waals surface area contributed by atoms with E-state index in [0.29, 0.717) is 26.1 Å². The lowest BCUT2D eigenvalue weighted by Crippen LogP contribution is -2.63. The van der Waals surface area contributed by atoms with Gasteiger partial charge < -0.3 is 14.8 Å². The molecule has 2 atom stereocenters. The number of Topliss-reactive ketones (excluding diaryl/α,β-unsaturated/α-hetero) is 1. The molecule has 2 aliphatic rings. The smallest absolute Gasteiger partial charge is 0.318 e. The van der Waals surface area contributed by atoms with Crippen LogP contribution in [0.2, 0.25) is 0 Å². The number of hydrogen-bond donors (Lipinski definition) is 1. The minimum Gasteiger partial charge on any atom is -0.468 e. The molecule has 0 aromatic heterocycles. The summed E-state index contributed by atoms with van der Waals surface area (Å²) in [7, 11) is 1.30. The lowest BCUT2D eigenvalue weighted by Gasteiger charge is -2.48. The molecule has 5 nitrogen and oxygen atoms in total. The van der Waals surface area contributed by atoms with Gasteiger partial charge in [0.2, 0.25) is 0 Å². The third kappa shape index (κ3) is 3.01. The summed E-state index contributed by atoms with van der Waals surface area (Å²) >= 11 is 0. The van der Waals surface area contributed by atoms with Crippen LogP contribution in [0.3, 0.4) is 0 Å². The van der Waals surface area contributed by atoms with Crippen LogP contribution in [0.4, 0.5) is 4.39 Å². The first kappa shape index (κ1) is 16.1. The lowest BCUT2D eigenvalue weighted by atomic mass is 9.70. The van der Waals surface area contributed by atoms with Gasteiger partial charge in [-0.3, -0.25) is 9.59 Å². The number of carbonyl (C=O) groups is 2. The van der Waals surface area contributed by atoms with Gasteiger partial charge in [0.1, 0.15) is 11.7 Å². The van der Waals surface area contributed by atoms with E-state index in [1.807, 2.05) is 0 Å². The molecule has 2 heterocycles. The van der Waals surface area contributed by atoms with Gasteiger partial charge in [-0.2, -0.15) is 0 Å². The highest BCUT2D eigenvalue weighted by Crippen LogP contribution is 2.39. The lowest BCUT2D eigenvalue weighted by molar-refractivity contribution is -0.158. The Morgan fingerprint density at radius 3 is 2.57 bits per heavy atom. The van der Waals surface area contributed by atoms with E-state index in [1.165, 1.54) is 19.2 Å². The average molecular weight is 321 g/mol. The average Bonchev–Trinajstić information content (AvgIpc) is 2.55. The van der Waals surface area contributed by atoms with Crippen molar-refractivity contribution < 1.29 is 23.5 Å². The van der Waals surface area contributed by atoms with Gasteiger partial charge in [0, 0.05) is 31.2 Å². The van der Waals surface area contributed by atoms with Crippen molar-refractivity contribution in [3.8, 4) is 0 Å². The standard InChI is InChI=1S/C17H20FNO4/c1-22-16(21)15-14(20)10-13(11-2-4-12(18)5-3-11)19-17(15)6-8-23-9-7-17/h2-5,13,15,19H,6-10H2,1H3/t13-,15+/m0/s1. The molecule has 0 saturated carbocycles. The topological polar surface area (TPSA) is 64.6 Å². The first-order chi connectivity index (χ1) is 11.1. The van der Waals surface area contributed by atoms with Crippen molar-refractivity contribution in [1.82, 2.24) is 5.32 Å². The fourth-order valence-electron chi connectivity index (χ4n) is 3.65. The molecule has 0 unspecified atom stereocenters. The summed E-state index contributed by atoms with van der Waals surface area (Å²) < 4.78 is 23.4. The third-order valence-electron chi connectivity index (χ3n) is 4.84. The van der Waals surface area contributed by atoms with E-state index in [0.717, 1.165) is 5.56 Å². The van der Waals surface area contributed by atoms with Crippen molar-refractivity contribution in [1.29, 1.82) is 0 Å². The monoisotopic (exact) mass is 321 g/mol. The number of benzene rings is 1. The molecule has 3 rings (SSSR count). The van der Waals surface area contributed by atoms with E-state index in [-0.39, 0.29) is 24.1 Å². The van der Waals surface area contributed by atoms with Gasteiger partial charge in [0.25, 0.3) is 0 Å². The number of esters is 1. The molecule has 1 aromatic carbocycles. The summed E-state index contributed by atoms with van der Waals surface area (Å²) in [6.45, 7) is 0.980. The number of piperidine rings is 1. The maximum absolute atomic E-state index is 13.1. The normalized spacial score (nSPS) is 27.0. The minimum absolute atomic E-state index is 0.133. The van der Waals surface area contributed by atoms with Gasteiger partial charge in [0.15, 0.2) is 5.78 Å². The quantitative estimate of drug-likeness (QED) is 0.664. The largest absolute Gasteiger partial charge is 0.468 e. The van der Waals surface area contributed by atoms with Crippen LogP contribution in [0.25, 0.3) is 0 Å². The van der Waals surface area contributed by atoms with Crippen LogP contribution in [-0.4, -0.2) is 37.6 Å². The highest BCUT2D eigenvalue weighted by atomic mass is 19.1. The van der Waals surface area contributed by atoms with E-state index < -0.39 is 17.4 Å². The number of methoxy groups -OCH3 is 1. The van der Waals surface area contributed by atoms with Crippen LogP contribution in [-0.2, 0) is 19.1 Å². The fourth-order valence-corrected chi connectivity index (χ4v) is 3.65. The molecule has 23 heavy (non-hydrogen) atoms. The predicted molar refractivity (Wildman–Crippen MR) is 80.2 cm³/mol. The summed E-state index contributed by atoms with van der Waals surface area (Å²) in [6, 6.07) is 5.87. The third-order valence-corrected chi connectivity index (χ3v) is 4.84. The number of carbonyl (C=O) groups excluding carboxylic acids is 2. The Kier molecular flexibility index (Phi) is 4.46. The zero-order valence-electron chi connectivity index (χ0n) is 13.0. The van der Waals surface area contributed by atoms with Crippen molar-refractivity contribution in [3.05, 3.63) is 35.6 Å². The van der Waals surface area contributed by atoms with Gasteiger partial charge in [-0.25, -0.2) is 4.39 Å². The molecular weight excluding hydrogens is 301 g/mol. The highest BCUT2D eigenvalue weighted by Gasteiger charge is 2.53. The van der Waals surface area contributed by atoms with Gasteiger partial charge >= 0.3 is 5.97 Å². The predicted octanol–water partition coefficient (Wildman–Crippen LogP) is 1.77. The van der Waals surface area contributed by atoms with Gasteiger partial charge in [-0.1, -0.05) is 12.1 Å². The second-order valence-electron chi connectivity index (χ2n) is 6.14. The Morgan fingerprint density at radius 1 is 1.30 bits per heavy atom. The molecule has 2 saturated heterocycles. The summed E-state index contributed by atoms with van der Waals surface area (Å²) in [5.41, 5.74) is 0.189. The molecular formula is C17H20FNO4. The van der Waals surface area contributed by atoms with E-state index in [1.54, 1.807) is 12.1 Å². The molecule has 2 fully saturated rings. The Hall–Kier alpha value is -1.79. The van der Waals surface area contributed by atoms with E-state index >= 15 is 0 Å². The van der Waals surface area contributed by atoms with E-state index in [4.69, 9.17) is 9.47 Å². The van der Waals surface area contributed by atoms with Gasteiger partial charge in [-0.05, 0) is 30.5 Å². The van der Waals surface area contributed by atoms with Crippen LogP contribution in [0.5, 0.6) is 0 Å². The minimum atomic E-state index is -0.812. The Bertz CT molecular complexity index is 595. The summed E-state index contributed by atoms with van der Waals surface area (Å²) in [5.74, 6) is -1.76. The maximum atomic E-state index is 13.1. The summed E-state index contributed by atoms with van der Waals surface area (Å²) in [5, 5.41) is 3.48. The van der Waals surface area contributed by atoms with Crippen LogP contribution in [0.1, 0.15) is 30.9 Å². The summed E-state index contributed by atoms with van der Waals surface area (Å²) in [6.07, 6.45) is 1.32. The molecule has 1 N–H and O–H groups in total. The number of hydrogen-bond acceptors (Lipinski definition) is 5. The zero-order valence-corrected chi connectivity index (χ0v) is 13.0. The number of rotatable bonds is 2. The van der Waals surface area contributed by atoms with Crippen molar-refractivity contribution in [2.45, 2.75) is 30.8 Å². The van der Waals surface area contributed by atoms with Crippen molar-refractivity contribution in [2.75, 3.05) is 20.3 Å². The van der Waals surface area contributed by atoms with E-state index in [2.05, 4.69) is 5.32 Å². The number of nitrogens with one attached hydrogen (secondary N) is 1. The van der Waals surface area contributed by atoms with Gasteiger partial charge in [0.05, 0.1) is 7.11 Å². The van der Waals surface area contributed by atoms with Crippen LogP contribution < -0.4 is 5.32 Å². The Balaban J connectivity index is 1.92. The van der Waals surface area contributed by atoms with Crippen molar-refractivity contribution in [3.63, 3.8) is 0 Å².